The number of likely N-dealkylation sites (N-methyl/N-ethyl adjacent to an activating group) is 1. The van der Waals surface area contributed by atoms with Crippen LogP contribution in [0.2, 0.25) is 0 Å². The fraction of sp³-hybridized carbons (Fsp3) is 0.562. The third-order valence-electron chi connectivity index (χ3n) is 4.22. The van der Waals surface area contributed by atoms with E-state index in [1.54, 1.807) is 23.1 Å². The van der Waals surface area contributed by atoms with E-state index >= 15 is 0 Å². The molecule has 0 atom stereocenters. The van der Waals surface area contributed by atoms with Crippen LogP contribution in [0.3, 0.4) is 0 Å². The summed E-state index contributed by atoms with van der Waals surface area (Å²) in [5.74, 6) is -0.571. The molecule has 0 aromatic heterocycles. The normalized spacial score (nSPS) is 16.6. The molecule has 1 aromatic rings. The Labute approximate surface area is 142 Å². The lowest BCUT2D eigenvalue weighted by atomic mass is 10.1. The van der Waals surface area contributed by atoms with E-state index in [1.807, 2.05) is 7.05 Å². The number of rotatable bonds is 6. The zero-order chi connectivity index (χ0) is 17.7. The summed E-state index contributed by atoms with van der Waals surface area (Å²) >= 11 is 0. The molecular formula is C16H24FN3O3S. The van der Waals surface area contributed by atoms with E-state index in [2.05, 4.69) is 4.90 Å². The molecule has 1 aliphatic rings. The Hall–Kier alpha value is -1.51. The van der Waals surface area contributed by atoms with Crippen LogP contribution in [-0.2, 0) is 21.2 Å². The molecule has 0 saturated carbocycles. The Morgan fingerprint density at radius 2 is 1.83 bits per heavy atom. The number of halogens is 1. The van der Waals surface area contributed by atoms with Gasteiger partial charge < -0.3 is 9.80 Å². The van der Waals surface area contributed by atoms with Crippen molar-refractivity contribution in [3.63, 3.8) is 0 Å². The Kier molecular flexibility index (Phi) is 6.31. The number of carbonyl (C=O) groups is 1. The van der Waals surface area contributed by atoms with Gasteiger partial charge >= 0.3 is 0 Å². The molecular weight excluding hydrogens is 333 g/mol. The van der Waals surface area contributed by atoms with E-state index in [1.165, 1.54) is 6.07 Å². The number of amides is 1. The maximum absolute atomic E-state index is 13.7. The summed E-state index contributed by atoms with van der Waals surface area (Å²) in [6, 6.07) is 6.26. The summed E-state index contributed by atoms with van der Waals surface area (Å²) in [5.41, 5.74) is 0.443. The van der Waals surface area contributed by atoms with Crippen molar-refractivity contribution >= 4 is 15.9 Å². The Balaban J connectivity index is 1.98. The molecule has 8 heteroatoms. The van der Waals surface area contributed by atoms with Crippen LogP contribution in [0.4, 0.5) is 4.39 Å². The van der Waals surface area contributed by atoms with Gasteiger partial charge in [-0.3, -0.25) is 4.79 Å². The summed E-state index contributed by atoms with van der Waals surface area (Å²) < 4.78 is 38.7. The van der Waals surface area contributed by atoms with Crippen LogP contribution in [0, 0.1) is 5.82 Å². The molecule has 0 unspecified atom stereocenters. The van der Waals surface area contributed by atoms with Crippen molar-refractivity contribution in [1.29, 1.82) is 0 Å². The number of hydrogen-bond donors (Lipinski definition) is 0. The van der Waals surface area contributed by atoms with Crippen molar-refractivity contribution in [3.05, 3.63) is 35.6 Å². The van der Waals surface area contributed by atoms with Crippen LogP contribution in [0.5, 0.6) is 0 Å². The van der Waals surface area contributed by atoms with Crippen LogP contribution in [0.25, 0.3) is 0 Å². The summed E-state index contributed by atoms with van der Waals surface area (Å²) in [6.07, 6.45) is 1.31. The van der Waals surface area contributed by atoms with Crippen LogP contribution < -0.4 is 0 Å². The van der Waals surface area contributed by atoms with Gasteiger partial charge in [0, 0.05) is 32.7 Å². The van der Waals surface area contributed by atoms with E-state index in [-0.39, 0.29) is 31.2 Å². The molecule has 1 aliphatic heterocycles. The first-order chi connectivity index (χ1) is 11.3. The van der Waals surface area contributed by atoms with Crippen LogP contribution in [0.15, 0.2) is 24.3 Å². The van der Waals surface area contributed by atoms with Gasteiger partial charge in [-0.05, 0) is 25.1 Å². The summed E-state index contributed by atoms with van der Waals surface area (Å²) in [5, 5.41) is 0. The van der Waals surface area contributed by atoms with E-state index in [0.29, 0.717) is 18.7 Å². The third kappa shape index (κ3) is 5.25. The van der Waals surface area contributed by atoms with Crippen molar-refractivity contribution < 1.29 is 17.6 Å². The highest BCUT2D eigenvalue weighted by molar-refractivity contribution is 7.88. The standard InChI is InChI=1S/C16H24FN3O3S/c1-18-9-11-19(12-10-18)16(21)13-20(24(2,22)23)8-7-14-5-3-4-6-15(14)17/h3-6H,7-13H2,1-2H3. The van der Waals surface area contributed by atoms with Crippen LogP contribution in [-0.4, -0.2) is 81.0 Å². The molecule has 2 rings (SSSR count). The molecule has 0 aliphatic carbocycles. The molecule has 0 spiro atoms. The zero-order valence-electron chi connectivity index (χ0n) is 14.1. The highest BCUT2D eigenvalue weighted by atomic mass is 32.2. The second kappa shape index (κ2) is 8.04. The van der Waals surface area contributed by atoms with Crippen molar-refractivity contribution in [2.45, 2.75) is 6.42 Å². The van der Waals surface area contributed by atoms with E-state index in [9.17, 15) is 17.6 Å². The largest absolute Gasteiger partial charge is 0.339 e. The molecule has 1 amide bonds. The van der Waals surface area contributed by atoms with Crippen molar-refractivity contribution in [2.24, 2.45) is 0 Å². The Morgan fingerprint density at radius 3 is 2.42 bits per heavy atom. The van der Waals surface area contributed by atoms with Crippen molar-refractivity contribution in [3.8, 4) is 0 Å². The average molecular weight is 357 g/mol. The van der Waals surface area contributed by atoms with Crippen LogP contribution >= 0.6 is 0 Å². The molecule has 0 N–H and O–H groups in total. The average Bonchev–Trinajstić information content (AvgIpc) is 2.52. The monoisotopic (exact) mass is 357 g/mol. The minimum atomic E-state index is -3.54. The number of nitrogens with zero attached hydrogens (tertiary/aromatic N) is 3. The quantitative estimate of drug-likeness (QED) is 0.740. The maximum Gasteiger partial charge on any atom is 0.237 e. The van der Waals surface area contributed by atoms with Gasteiger partial charge in [0.15, 0.2) is 0 Å². The minimum absolute atomic E-state index is 0.0826. The summed E-state index contributed by atoms with van der Waals surface area (Å²) in [6.45, 7) is 2.64. The van der Waals surface area contributed by atoms with Gasteiger partial charge in [0.2, 0.25) is 15.9 Å². The Bertz CT molecular complexity index is 673. The Morgan fingerprint density at radius 1 is 1.21 bits per heavy atom. The first-order valence-electron chi connectivity index (χ1n) is 7.92. The fourth-order valence-electron chi connectivity index (χ4n) is 2.62. The fourth-order valence-corrected chi connectivity index (χ4v) is 3.38. The third-order valence-corrected chi connectivity index (χ3v) is 5.47. The van der Waals surface area contributed by atoms with E-state index in [0.717, 1.165) is 23.7 Å². The lowest BCUT2D eigenvalue weighted by Gasteiger charge is -2.33. The number of sulfonamides is 1. The molecule has 1 aromatic carbocycles. The van der Waals surface area contributed by atoms with E-state index < -0.39 is 10.0 Å². The molecule has 0 radical (unpaired) electrons. The molecule has 0 bridgehead atoms. The lowest BCUT2D eigenvalue weighted by molar-refractivity contribution is -0.132. The smallest absolute Gasteiger partial charge is 0.237 e. The highest BCUT2D eigenvalue weighted by Gasteiger charge is 2.25. The van der Waals surface area contributed by atoms with Gasteiger partial charge in [0.25, 0.3) is 0 Å². The number of carbonyl (C=O) groups excluding carboxylic acids is 1. The second-order valence-electron chi connectivity index (χ2n) is 6.12. The topological polar surface area (TPSA) is 60.9 Å². The summed E-state index contributed by atoms with van der Waals surface area (Å²) in [4.78, 5) is 16.2. The second-order valence-corrected chi connectivity index (χ2v) is 8.10. The summed E-state index contributed by atoms with van der Waals surface area (Å²) in [7, 11) is -1.55. The van der Waals surface area contributed by atoms with Gasteiger partial charge in [-0.15, -0.1) is 0 Å². The van der Waals surface area contributed by atoms with Gasteiger partial charge in [-0.2, -0.15) is 4.31 Å². The predicted molar refractivity (Wildman–Crippen MR) is 90.6 cm³/mol. The first kappa shape index (κ1) is 18.8. The SMILES string of the molecule is CN1CCN(C(=O)CN(CCc2ccccc2F)S(C)(=O)=O)CC1. The molecule has 6 nitrogen and oxygen atoms in total. The van der Waals surface area contributed by atoms with Crippen molar-refractivity contribution in [2.75, 3.05) is 52.6 Å². The van der Waals surface area contributed by atoms with Crippen LogP contribution in [0.1, 0.15) is 5.56 Å². The van der Waals surface area contributed by atoms with Crippen molar-refractivity contribution in [1.82, 2.24) is 14.1 Å². The molecule has 134 valence electrons. The highest BCUT2D eigenvalue weighted by Crippen LogP contribution is 2.10. The molecule has 24 heavy (non-hydrogen) atoms. The first-order valence-corrected chi connectivity index (χ1v) is 9.77. The van der Waals surface area contributed by atoms with Gasteiger partial charge in [0.05, 0.1) is 12.8 Å². The van der Waals surface area contributed by atoms with E-state index in [4.69, 9.17) is 0 Å². The lowest BCUT2D eigenvalue weighted by Crippen LogP contribution is -2.50. The minimum Gasteiger partial charge on any atom is -0.339 e. The van der Waals surface area contributed by atoms with Gasteiger partial charge in [-0.1, -0.05) is 18.2 Å². The van der Waals surface area contributed by atoms with Gasteiger partial charge in [-0.25, -0.2) is 12.8 Å². The predicted octanol–water partition coefficient (Wildman–Crippen LogP) is 0.404. The zero-order valence-corrected chi connectivity index (χ0v) is 14.9. The maximum atomic E-state index is 13.7. The van der Waals surface area contributed by atoms with Gasteiger partial charge in [0.1, 0.15) is 5.82 Å². The number of piperazine rings is 1. The molecule has 1 saturated heterocycles. The number of benzene rings is 1. The molecule has 1 fully saturated rings. The molecule has 1 heterocycles. The number of hydrogen-bond acceptors (Lipinski definition) is 4.